The topological polar surface area (TPSA) is 81.1 Å². The molecule has 26 aromatic rings. The van der Waals surface area contributed by atoms with E-state index in [2.05, 4.69) is 433 Å². The molecule has 0 fully saturated rings. The molecule has 0 amide bonds. The third kappa shape index (κ3) is 12.8. The highest BCUT2D eigenvalue weighted by Gasteiger charge is 2.26. The molecule has 0 radical (unpaired) electrons. The molecule has 10 nitrogen and oxygen atoms in total. The highest BCUT2D eigenvalue weighted by Crippen LogP contribution is 2.46. The van der Waals surface area contributed by atoms with Gasteiger partial charge in [-0.05, 0) is 235 Å². The molecule has 8 heterocycles. The van der Waals surface area contributed by atoms with Crippen molar-refractivity contribution in [2.75, 3.05) is 0 Å². The summed E-state index contributed by atoms with van der Waals surface area (Å²) in [5.41, 5.74) is 38.0. The Balaban J connectivity index is 0.000000142. The number of aryl methyl sites for hydroxylation is 6. The van der Waals surface area contributed by atoms with Gasteiger partial charge in [0.05, 0.1) is 89.0 Å². The molecule has 0 aliphatic rings. The summed E-state index contributed by atoms with van der Waals surface area (Å²) in [6, 6.07) is 149. The molecule has 0 aliphatic carbocycles. The van der Waals surface area contributed by atoms with Crippen LogP contribution in [0.25, 0.3) is 233 Å². The third-order valence-electron chi connectivity index (χ3n) is 26.9. The highest BCUT2D eigenvalue weighted by molar-refractivity contribution is 6.17. The molecule has 0 saturated heterocycles. The smallest absolute Gasteiger partial charge is 0.160 e. The first kappa shape index (κ1) is 77.3. The van der Waals surface area contributed by atoms with Crippen molar-refractivity contribution in [3.05, 3.63) is 446 Å². The van der Waals surface area contributed by atoms with Crippen LogP contribution in [0.4, 0.5) is 0 Å². The minimum Gasteiger partial charge on any atom is -0.309 e. The molecule has 18 aromatic carbocycles. The molecule has 0 unspecified atom stereocenters. The molecule has 10 heteroatoms. The van der Waals surface area contributed by atoms with Crippen molar-refractivity contribution in [3.8, 4) is 102 Å². The maximum atomic E-state index is 5.19. The summed E-state index contributed by atoms with van der Waals surface area (Å²) in [4.78, 5) is 20.5. The molecule has 0 bridgehead atoms. The molecule has 624 valence electrons. The van der Waals surface area contributed by atoms with Crippen LogP contribution in [0.15, 0.2) is 413 Å². The average Bonchev–Trinajstić information content (AvgIpc) is 1.57. The van der Waals surface area contributed by atoms with Gasteiger partial charge in [0.2, 0.25) is 0 Å². The Morgan fingerprint density at radius 1 is 0.159 bits per heavy atom. The van der Waals surface area contributed by atoms with Gasteiger partial charge in [-0.15, -0.1) is 0 Å². The van der Waals surface area contributed by atoms with Crippen LogP contribution in [0.5, 0.6) is 0 Å². The van der Waals surface area contributed by atoms with Crippen LogP contribution < -0.4 is 0 Å². The summed E-state index contributed by atoms with van der Waals surface area (Å²) in [7, 11) is 0. The summed E-state index contributed by atoms with van der Waals surface area (Å²) in [6.07, 6.45) is 0. The van der Waals surface area contributed by atoms with E-state index in [9.17, 15) is 0 Å². The van der Waals surface area contributed by atoms with Crippen molar-refractivity contribution in [2.24, 2.45) is 0 Å². The van der Waals surface area contributed by atoms with Crippen LogP contribution in [0, 0.1) is 41.5 Å². The first-order valence-corrected chi connectivity index (χ1v) is 45.3. The number of fused-ring (bicyclic) bond motifs is 18. The first-order chi connectivity index (χ1) is 64.9. The van der Waals surface area contributed by atoms with E-state index in [4.69, 9.17) is 19.9 Å². The lowest BCUT2D eigenvalue weighted by atomic mass is 10.0. The van der Waals surface area contributed by atoms with E-state index in [0.717, 1.165) is 123 Å². The van der Waals surface area contributed by atoms with Crippen molar-refractivity contribution in [2.45, 2.75) is 41.5 Å². The molecular weight excluding hydrogens is 1610 g/mol. The Morgan fingerprint density at radius 3 is 0.765 bits per heavy atom. The van der Waals surface area contributed by atoms with Gasteiger partial charge >= 0.3 is 0 Å². The summed E-state index contributed by atoms with van der Waals surface area (Å²) < 4.78 is 14.6. The van der Waals surface area contributed by atoms with E-state index in [1.54, 1.807) is 0 Å². The lowest BCUT2D eigenvalue weighted by Crippen LogP contribution is -2.00. The van der Waals surface area contributed by atoms with Gasteiger partial charge in [-0.1, -0.05) is 253 Å². The molecule has 0 spiro atoms. The highest BCUT2D eigenvalue weighted by atomic mass is 15.0. The molecule has 0 saturated carbocycles. The SMILES string of the molecule is Cc1ccc2c(c1)c1cc(C)ccc1n2-c1ccc2c(c1)c1cc(-n3c4ccccc4c4ccccc43)ccc1n2-c1ccc(-c2cc(-c3ccccc3)nc(-c3ccccc3)n2)c(C)c1.Cc1ccc2c(c1)c1ccccc1n2-c1ccc2c(c1)c1cc(-n3c4ccccc4c4cc(C)ccc43)ccc1n2-c1ccc(-c2cc(-c3ccccc3)nc(-c3ccccc3)n2)cc1C. The van der Waals surface area contributed by atoms with E-state index in [1.165, 1.54) is 131 Å². The number of hydrogen-bond donors (Lipinski definition) is 0. The quantitative estimate of drug-likeness (QED) is 0.122. The van der Waals surface area contributed by atoms with Crippen molar-refractivity contribution >= 4 is 131 Å². The lowest BCUT2D eigenvalue weighted by Gasteiger charge is -2.15. The third-order valence-corrected chi connectivity index (χ3v) is 26.9. The van der Waals surface area contributed by atoms with Crippen LogP contribution in [-0.2, 0) is 0 Å². The molecule has 0 aliphatic heterocycles. The number of rotatable bonds is 12. The second-order valence-electron chi connectivity index (χ2n) is 35.4. The van der Waals surface area contributed by atoms with Gasteiger partial charge in [-0.3, -0.25) is 0 Å². The van der Waals surface area contributed by atoms with Crippen LogP contribution in [0.2, 0.25) is 0 Å². The fraction of sp³-hybridized carbons (Fsp3) is 0.0492. The van der Waals surface area contributed by atoms with Gasteiger partial charge < -0.3 is 27.4 Å². The summed E-state index contributed by atoms with van der Waals surface area (Å²) in [5.74, 6) is 1.42. The first-order valence-electron chi connectivity index (χ1n) is 45.3. The molecule has 0 N–H and O–H groups in total. The van der Waals surface area contributed by atoms with Crippen LogP contribution in [0.3, 0.4) is 0 Å². The van der Waals surface area contributed by atoms with Crippen molar-refractivity contribution in [3.63, 3.8) is 0 Å². The summed E-state index contributed by atoms with van der Waals surface area (Å²) >= 11 is 0. The predicted octanol–water partition coefficient (Wildman–Crippen LogP) is 31.4. The van der Waals surface area contributed by atoms with Gasteiger partial charge in [-0.25, -0.2) is 19.9 Å². The second kappa shape index (κ2) is 30.9. The van der Waals surface area contributed by atoms with Crippen molar-refractivity contribution in [1.82, 2.24) is 47.3 Å². The molecule has 8 aromatic heterocycles. The maximum absolute atomic E-state index is 5.19. The summed E-state index contributed by atoms with van der Waals surface area (Å²) in [6.45, 7) is 13.1. The van der Waals surface area contributed by atoms with Gasteiger partial charge in [0.15, 0.2) is 11.6 Å². The van der Waals surface area contributed by atoms with Crippen LogP contribution in [-0.4, -0.2) is 47.3 Å². The van der Waals surface area contributed by atoms with E-state index in [0.29, 0.717) is 11.6 Å². The Bertz CT molecular complexity index is 8810. The maximum Gasteiger partial charge on any atom is 0.160 e. The van der Waals surface area contributed by atoms with Crippen LogP contribution in [0.1, 0.15) is 33.4 Å². The number of hydrogen-bond acceptors (Lipinski definition) is 4. The van der Waals surface area contributed by atoms with E-state index >= 15 is 0 Å². The molecular formula is C122H86N10. The summed E-state index contributed by atoms with van der Waals surface area (Å²) in [5, 5.41) is 14.9. The van der Waals surface area contributed by atoms with E-state index in [-0.39, 0.29) is 0 Å². The van der Waals surface area contributed by atoms with Gasteiger partial charge in [0.25, 0.3) is 0 Å². The van der Waals surface area contributed by atoms with Gasteiger partial charge in [-0.2, -0.15) is 0 Å². The zero-order valence-electron chi connectivity index (χ0n) is 73.7. The van der Waals surface area contributed by atoms with Crippen LogP contribution >= 0.6 is 0 Å². The number of nitrogens with zero attached hydrogens (tertiary/aromatic N) is 10. The zero-order chi connectivity index (χ0) is 88.1. The second-order valence-corrected chi connectivity index (χ2v) is 35.4. The molecule has 26 rings (SSSR count). The number of aromatic nitrogens is 10. The molecule has 132 heavy (non-hydrogen) atoms. The fourth-order valence-electron chi connectivity index (χ4n) is 20.8. The molecule has 0 atom stereocenters. The van der Waals surface area contributed by atoms with Gasteiger partial charge in [0, 0.05) is 132 Å². The Morgan fingerprint density at radius 2 is 0.417 bits per heavy atom. The Labute approximate surface area is 762 Å². The minimum atomic E-state index is 0.708. The van der Waals surface area contributed by atoms with Crippen molar-refractivity contribution < 1.29 is 0 Å². The van der Waals surface area contributed by atoms with E-state index < -0.39 is 0 Å². The standard InChI is InChI=1S/2C61H43N5/c1-38-22-28-57-49(32-38)50-33-39(2)23-29-58(50)66(57)45-26-31-60-52(36-45)51-35-44(65-55-20-12-10-18-47(55)48-19-11-13-21-56(48)65)25-30-59(51)64(60)43-24-27-46(40(3)34-43)54-37-53(41-14-6-4-7-15-41)62-61(63-54)42-16-8-5-9-17-42;1-38-22-27-57-48(32-38)46-18-10-12-20-55(46)64(57)44-25-30-59-50(35-44)51-36-45(65-56-21-13-11-19-47(56)49-33-39(2)23-28-58(49)65)26-31-60(51)66(59)54-29-24-43(34-40(54)3)53-37-52(41-14-6-4-7-15-41)62-61(63-53)42-16-8-5-9-17-42/h2*4-37H,1-3H3. The lowest BCUT2D eigenvalue weighted by molar-refractivity contribution is 1.14. The average molecular weight is 1690 g/mol. The Hall–Kier alpha value is -17.1. The normalized spacial score (nSPS) is 11.9. The zero-order valence-corrected chi connectivity index (χ0v) is 73.7. The predicted molar refractivity (Wildman–Crippen MR) is 551 cm³/mol. The fourth-order valence-corrected chi connectivity index (χ4v) is 20.8. The Kier molecular flexibility index (Phi) is 18.1. The van der Waals surface area contributed by atoms with E-state index in [1.807, 2.05) is 48.5 Å². The number of para-hydroxylation sites is 4. The monoisotopic (exact) mass is 1690 g/mol. The van der Waals surface area contributed by atoms with Crippen molar-refractivity contribution in [1.29, 1.82) is 0 Å². The largest absolute Gasteiger partial charge is 0.309 e. The van der Waals surface area contributed by atoms with Gasteiger partial charge in [0.1, 0.15) is 0 Å². The number of benzene rings is 18. The minimum absolute atomic E-state index is 0.708.